The van der Waals surface area contributed by atoms with E-state index in [9.17, 15) is 9.59 Å². The fraction of sp³-hybridized carbons (Fsp3) is 0.167. The molecule has 0 spiro atoms. The number of imide groups is 1. The van der Waals surface area contributed by atoms with Gasteiger partial charge in [0.2, 0.25) is 0 Å². The molecule has 1 heterocycles. The molecule has 4 nitrogen and oxygen atoms in total. The van der Waals surface area contributed by atoms with Crippen LogP contribution in [-0.4, -0.2) is 17.3 Å². The molecule has 0 aromatic heterocycles. The summed E-state index contributed by atoms with van der Waals surface area (Å²) in [5, 5.41) is 2.28. The molecular formula is C12H14ClNO3. The zero-order valence-corrected chi connectivity index (χ0v) is 10.2. The topological polar surface area (TPSA) is 77.7 Å². The summed E-state index contributed by atoms with van der Waals surface area (Å²) in [6, 6.07) is 5.35. The molecule has 2 amide bonds. The van der Waals surface area contributed by atoms with Crippen LogP contribution >= 0.6 is 11.6 Å². The maximum absolute atomic E-state index is 11.3. The van der Waals surface area contributed by atoms with Gasteiger partial charge in [-0.2, -0.15) is 0 Å². The lowest BCUT2D eigenvalue weighted by Crippen LogP contribution is -2.20. The highest BCUT2D eigenvalue weighted by Crippen LogP contribution is 2.19. The molecular weight excluding hydrogens is 242 g/mol. The monoisotopic (exact) mass is 255 g/mol. The van der Waals surface area contributed by atoms with Crippen molar-refractivity contribution < 1.29 is 15.1 Å². The van der Waals surface area contributed by atoms with Gasteiger partial charge in [-0.05, 0) is 23.6 Å². The third kappa shape index (κ3) is 3.15. The van der Waals surface area contributed by atoms with Crippen LogP contribution in [0.1, 0.15) is 33.2 Å². The molecule has 1 aliphatic heterocycles. The smallest absolute Gasteiger partial charge is 0.259 e. The molecule has 1 aliphatic rings. The van der Waals surface area contributed by atoms with E-state index in [1.165, 1.54) is 5.54 Å². The van der Waals surface area contributed by atoms with Crippen molar-refractivity contribution in [2.24, 2.45) is 0 Å². The van der Waals surface area contributed by atoms with Crippen LogP contribution in [0.4, 0.5) is 0 Å². The normalized spacial score (nSPS) is 11.6. The number of rotatable bonds is 1. The summed E-state index contributed by atoms with van der Waals surface area (Å²) in [5.74, 6) is -0.548. The molecule has 0 unspecified atom stereocenters. The minimum Gasteiger partial charge on any atom is -0.412 e. The second-order valence-corrected chi connectivity index (χ2v) is 3.44. The van der Waals surface area contributed by atoms with Crippen LogP contribution in [0.2, 0.25) is 0 Å². The van der Waals surface area contributed by atoms with Crippen LogP contribution in [0.15, 0.2) is 30.3 Å². The SMILES string of the molecule is C=CCl.CCc1cccc2c1C(=O)NC2=O.O. The molecule has 92 valence electrons. The Kier molecular flexibility index (Phi) is 6.17. The van der Waals surface area contributed by atoms with Gasteiger partial charge in [0.05, 0.1) is 11.1 Å². The molecule has 5 heteroatoms. The van der Waals surface area contributed by atoms with Gasteiger partial charge in [-0.1, -0.05) is 37.2 Å². The maximum atomic E-state index is 11.3. The summed E-state index contributed by atoms with van der Waals surface area (Å²) in [6.07, 6.45) is 0.768. The summed E-state index contributed by atoms with van der Waals surface area (Å²) in [4.78, 5) is 22.5. The van der Waals surface area contributed by atoms with Crippen molar-refractivity contribution >= 4 is 23.4 Å². The molecule has 17 heavy (non-hydrogen) atoms. The number of hydrogen-bond acceptors (Lipinski definition) is 2. The first-order valence-corrected chi connectivity index (χ1v) is 5.28. The highest BCUT2D eigenvalue weighted by atomic mass is 35.5. The van der Waals surface area contributed by atoms with Gasteiger partial charge in [-0.15, -0.1) is 0 Å². The number of fused-ring (bicyclic) bond motifs is 1. The fourth-order valence-electron chi connectivity index (χ4n) is 1.59. The van der Waals surface area contributed by atoms with Crippen molar-refractivity contribution in [3.05, 3.63) is 47.0 Å². The lowest BCUT2D eigenvalue weighted by molar-refractivity contribution is 0.0879. The Bertz CT molecular complexity index is 443. The van der Waals surface area contributed by atoms with Gasteiger partial charge in [0.15, 0.2) is 0 Å². The summed E-state index contributed by atoms with van der Waals surface area (Å²) >= 11 is 4.76. The Morgan fingerprint density at radius 2 is 1.94 bits per heavy atom. The van der Waals surface area contributed by atoms with Crippen molar-refractivity contribution in [3.8, 4) is 0 Å². The Hall–Kier alpha value is -1.65. The average molecular weight is 256 g/mol. The summed E-state index contributed by atoms with van der Waals surface area (Å²) in [7, 11) is 0. The molecule has 0 saturated heterocycles. The largest absolute Gasteiger partial charge is 0.412 e. The molecule has 2 rings (SSSR count). The highest BCUT2D eigenvalue weighted by Gasteiger charge is 2.28. The molecule has 0 radical (unpaired) electrons. The molecule has 0 atom stereocenters. The summed E-state index contributed by atoms with van der Waals surface area (Å²) in [5.41, 5.74) is 3.21. The number of aryl methyl sites for hydroxylation is 1. The first kappa shape index (κ1) is 15.3. The van der Waals surface area contributed by atoms with Crippen molar-refractivity contribution in [1.82, 2.24) is 5.32 Å². The lowest BCUT2D eigenvalue weighted by atomic mass is 10.0. The van der Waals surface area contributed by atoms with E-state index in [0.717, 1.165) is 12.0 Å². The van der Waals surface area contributed by atoms with Gasteiger partial charge in [0.25, 0.3) is 11.8 Å². The predicted molar refractivity (Wildman–Crippen MR) is 67.3 cm³/mol. The van der Waals surface area contributed by atoms with E-state index in [1.54, 1.807) is 12.1 Å². The van der Waals surface area contributed by atoms with Gasteiger partial charge in [-0.25, -0.2) is 0 Å². The zero-order chi connectivity index (χ0) is 12.1. The number of nitrogens with one attached hydrogen (secondary N) is 1. The fourth-order valence-corrected chi connectivity index (χ4v) is 1.59. The summed E-state index contributed by atoms with van der Waals surface area (Å²) in [6.45, 7) is 5.09. The third-order valence-corrected chi connectivity index (χ3v) is 2.23. The lowest BCUT2D eigenvalue weighted by Gasteiger charge is -2.00. The second kappa shape index (κ2) is 6.83. The van der Waals surface area contributed by atoms with Crippen LogP contribution in [0.3, 0.4) is 0 Å². The van der Waals surface area contributed by atoms with Crippen LogP contribution in [0, 0.1) is 0 Å². The number of carbonyl (C=O) groups excluding carboxylic acids is 2. The van der Waals surface area contributed by atoms with Crippen LogP contribution in [0.5, 0.6) is 0 Å². The molecule has 0 fully saturated rings. The molecule has 3 N–H and O–H groups in total. The zero-order valence-electron chi connectivity index (χ0n) is 9.42. The molecule has 0 bridgehead atoms. The first-order chi connectivity index (χ1) is 7.65. The van der Waals surface area contributed by atoms with Crippen LogP contribution < -0.4 is 5.32 Å². The van der Waals surface area contributed by atoms with Crippen molar-refractivity contribution in [3.63, 3.8) is 0 Å². The van der Waals surface area contributed by atoms with Gasteiger partial charge in [0.1, 0.15) is 0 Å². The quantitative estimate of drug-likeness (QED) is 0.775. The molecule has 0 saturated carbocycles. The van der Waals surface area contributed by atoms with Gasteiger partial charge in [-0.3, -0.25) is 14.9 Å². The number of hydrogen-bond donors (Lipinski definition) is 1. The van der Waals surface area contributed by atoms with Crippen molar-refractivity contribution in [2.75, 3.05) is 0 Å². The first-order valence-electron chi connectivity index (χ1n) is 4.84. The van der Waals surface area contributed by atoms with Gasteiger partial charge < -0.3 is 5.48 Å². The number of carbonyl (C=O) groups is 2. The number of benzene rings is 1. The van der Waals surface area contributed by atoms with Crippen molar-refractivity contribution in [2.45, 2.75) is 13.3 Å². The van der Waals surface area contributed by atoms with Gasteiger partial charge >= 0.3 is 0 Å². The van der Waals surface area contributed by atoms with E-state index in [2.05, 4.69) is 11.9 Å². The minimum absolute atomic E-state index is 0. The number of halogens is 1. The van der Waals surface area contributed by atoms with Crippen LogP contribution in [0.25, 0.3) is 0 Å². The van der Waals surface area contributed by atoms with Crippen LogP contribution in [-0.2, 0) is 6.42 Å². The standard InChI is InChI=1S/C10H9NO2.C2H3Cl.H2O/c1-2-6-4-3-5-7-8(6)10(13)11-9(7)12;1-2-3;/h3-5H,2H2,1H3,(H,11,12,13);2H,1H2;1H2. The minimum atomic E-state index is -0.282. The van der Waals surface area contributed by atoms with E-state index in [-0.39, 0.29) is 17.3 Å². The Labute approximate surface area is 105 Å². The maximum Gasteiger partial charge on any atom is 0.259 e. The molecule has 1 aromatic carbocycles. The van der Waals surface area contributed by atoms with E-state index in [4.69, 9.17) is 11.6 Å². The average Bonchev–Trinajstić information content (AvgIpc) is 2.56. The Morgan fingerprint density at radius 1 is 1.35 bits per heavy atom. The van der Waals surface area contributed by atoms with E-state index < -0.39 is 0 Å². The molecule has 1 aromatic rings. The van der Waals surface area contributed by atoms with E-state index >= 15 is 0 Å². The third-order valence-electron chi connectivity index (χ3n) is 2.23. The molecule has 0 aliphatic carbocycles. The second-order valence-electron chi connectivity index (χ2n) is 3.13. The van der Waals surface area contributed by atoms with Crippen molar-refractivity contribution in [1.29, 1.82) is 0 Å². The Balaban J connectivity index is 0.000000583. The Morgan fingerprint density at radius 3 is 2.47 bits per heavy atom. The number of amides is 2. The summed E-state index contributed by atoms with van der Waals surface area (Å²) < 4.78 is 0. The van der Waals surface area contributed by atoms with E-state index in [1.807, 2.05) is 13.0 Å². The van der Waals surface area contributed by atoms with E-state index in [0.29, 0.717) is 11.1 Å². The van der Waals surface area contributed by atoms with Gasteiger partial charge in [0, 0.05) is 0 Å². The highest BCUT2D eigenvalue weighted by molar-refractivity contribution is 6.25. The predicted octanol–water partition coefficient (Wildman–Crippen LogP) is 1.68.